The largest absolute Gasteiger partial charge is 0.406 e. The molecule has 6 nitrogen and oxygen atoms in total. The molecule has 0 aliphatic carbocycles. The maximum Gasteiger partial charge on any atom is 0.318 e. The zero-order chi connectivity index (χ0) is 12.4. The van der Waals surface area contributed by atoms with E-state index in [1.807, 2.05) is 11.8 Å². The third kappa shape index (κ3) is 2.36. The van der Waals surface area contributed by atoms with Gasteiger partial charge in [0.05, 0.1) is 0 Å². The first-order chi connectivity index (χ1) is 8.13. The summed E-state index contributed by atoms with van der Waals surface area (Å²) in [7, 11) is 0. The van der Waals surface area contributed by atoms with E-state index in [9.17, 15) is 4.79 Å². The average molecular weight is 259 g/mol. The molecule has 1 aromatic heterocycles. The summed E-state index contributed by atoms with van der Waals surface area (Å²) in [5, 5.41) is 10.3. The Morgan fingerprint density at radius 3 is 3.00 bits per heavy atom. The molecule has 0 spiro atoms. The van der Waals surface area contributed by atoms with Gasteiger partial charge >= 0.3 is 6.01 Å². The molecule has 0 bridgehead atoms. The number of hydrogen-bond acceptors (Lipinski definition) is 5. The van der Waals surface area contributed by atoms with E-state index in [4.69, 9.17) is 16.0 Å². The van der Waals surface area contributed by atoms with Crippen molar-refractivity contribution >= 4 is 23.5 Å². The Hall–Kier alpha value is -1.30. The summed E-state index contributed by atoms with van der Waals surface area (Å²) in [4.78, 5) is 13.5. The van der Waals surface area contributed by atoms with Gasteiger partial charge in [0.2, 0.25) is 11.8 Å². The normalized spacial score (nSPS) is 22.4. The minimum atomic E-state index is -0.324. The van der Waals surface area contributed by atoms with Crippen LogP contribution >= 0.6 is 11.6 Å². The average Bonchev–Trinajstić information content (AvgIpc) is 2.77. The number of piperazine rings is 1. The second-order valence-corrected chi connectivity index (χ2v) is 4.60. The Morgan fingerprint density at radius 2 is 2.41 bits per heavy atom. The van der Waals surface area contributed by atoms with Crippen molar-refractivity contribution in [2.45, 2.75) is 31.7 Å². The van der Waals surface area contributed by atoms with Crippen molar-refractivity contribution in [3.8, 4) is 0 Å². The lowest BCUT2D eigenvalue weighted by Gasteiger charge is -2.32. The van der Waals surface area contributed by atoms with Gasteiger partial charge in [0.1, 0.15) is 11.4 Å². The lowest BCUT2D eigenvalue weighted by molar-refractivity contribution is -0.123. The van der Waals surface area contributed by atoms with Crippen LogP contribution in [0.4, 0.5) is 6.01 Å². The number of carbonyl (C=O) groups is 1. The van der Waals surface area contributed by atoms with Gasteiger partial charge in [-0.2, -0.15) is 0 Å². The van der Waals surface area contributed by atoms with E-state index in [0.29, 0.717) is 31.4 Å². The first-order valence-corrected chi connectivity index (χ1v) is 6.09. The summed E-state index contributed by atoms with van der Waals surface area (Å²) in [5.41, 5.74) is 0. The van der Waals surface area contributed by atoms with Crippen LogP contribution in [0.3, 0.4) is 0 Å². The molecule has 7 heteroatoms. The summed E-state index contributed by atoms with van der Waals surface area (Å²) in [6, 6.07) is 0.122. The van der Waals surface area contributed by atoms with Crippen LogP contribution in [0.1, 0.15) is 31.5 Å². The standard InChI is InChI=1S/C10H15ClN4O2/c1-3-7-8(16)12-4-5-15(7)10-14-13-9(17-10)6(2)11/h6-7H,3-5H2,1-2H3,(H,12,16). The fourth-order valence-electron chi connectivity index (χ4n) is 1.85. The Morgan fingerprint density at radius 1 is 1.65 bits per heavy atom. The van der Waals surface area contributed by atoms with Crippen molar-refractivity contribution in [1.82, 2.24) is 15.5 Å². The van der Waals surface area contributed by atoms with Gasteiger partial charge in [-0.05, 0) is 13.3 Å². The Bertz CT molecular complexity index is 407. The van der Waals surface area contributed by atoms with Gasteiger partial charge in [0.15, 0.2) is 0 Å². The Kier molecular flexibility index (Phi) is 3.51. The minimum absolute atomic E-state index is 0.00239. The second-order valence-electron chi connectivity index (χ2n) is 3.95. The zero-order valence-electron chi connectivity index (χ0n) is 9.81. The first kappa shape index (κ1) is 12.2. The number of anilines is 1. The van der Waals surface area contributed by atoms with E-state index in [-0.39, 0.29) is 17.3 Å². The fourth-order valence-corrected chi connectivity index (χ4v) is 1.94. The number of nitrogens with one attached hydrogen (secondary N) is 1. The molecule has 2 atom stereocenters. The summed E-state index contributed by atoms with van der Waals surface area (Å²) in [5.74, 6) is 0.375. The van der Waals surface area contributed by atoms with Gasteiger partial charge in [-0.1, -0.05) is 12.0 Å². The van der Waals surface area contributed by atoms with Crippen molar-refractivity contribution in [3.63, 3.8) is 0 Å². The van der Waals surface area contributed by atoms with Crippen molar-refractivity contribution in [2.24, 2.45) is 0 Å². The number of alkyl halides is 1. The highest BCUT2D eigenvalue weighted by Gasteiger charge is 2.31. The highest BCUT2D eigenvalue weighted by molar-refractivity contribution is 6.20. The Labute approximate surface area is 104 Å². The van der Waals surface area contributed by atoms with Crippen LogP contribution in [0.25, 0.3) is 0 Å². The third-order valence-electron chi connectivity index (χ3n) is 2.73. The van der Waals surface area contributed by atoms with Crippen LogP contribution < -0.4 is 10.2 Å². The molecular formula is C10H15ClN4O2. The quantitative estimate of drug-likeness (QED) is 0.822. The van der Waals surface area contributed by atoms with Gasteiger partial charge in [0.25, 0.3) is 0 Å². The summed E-state index contributed by atoms with van der Waals surface area (Å²) < 4.78 is 5.46. The number of rotatable bonds is 3. The molecule has 1 fully saturated rings. The van der Waals surface area contributed by atoms with E-state index in [2.05, 4.69) is 15.5 Å². The van der Waals surface area contributed by atoms with Crippen molar-refractivity contribution < 1.29 is 9.21 Å². The number of amides is 1. The highest BCUT2D eigenvalue weighted by atomic mass is 35.5. The predicted octanol–water partition coefficient (Wildman–Crippen LogP) is 1.08. The number of halogens is 1. The number of carbonyl (C=O) groups excluding carboxylic acids is 1. The SMILES string of the molecule is CCC1C(=O)NCCN1c1nnc(C(C)Cl)o1. The monoisotopic (exact) mass is 258 g/mol. The second kappa shape index (κ2) is 4.91. The molecule has 2 heterocycles. The van der Waals surface area contributed by atoms with Crippen LogP contribution in [-0.4, -0.2) is 35.2 Å². The van der Waals surface area contributed by atoms with Crippen LogP contribution in [0, 0.1) is 0 Å². The van der Waals surface area contributed by atoms with Gasteiger partial charge in [-0.25, -0.2) is 0 Å². The summed E-state index contributed by atoms with van der Waals surface area (Å²) in [6.45, 7) is 4.97. The van der Waals surface area contributed by atoms with Crippen molar-refractivity contribution in [1.29, 1.82) is 0 Å². The number of aromatic nitrogens is 2. The molecule has 17 heavy (non-hydrogen) atoms. The van der Waals surface area contributed by atoms with Crippen LogP contribution in [0.5, 0.6) is 0 Å². The molecule has 0 aromatic carbocycles. The maximum atomic E-state index is 11.7. The molecule has 1 aliphatic heterocycles. The predicted molar refractivity (Wildman–Crippen MR) is 63.0 cm³/mol. The van der Waals surface area contributed by atoms with Gasteiger partial charge in [-0.3, -0.25) is 4.79 Å². The third-order valence-corrected chi connectivity index (χ3v) is 2.92. The molecule has 1 aliphatic rings. The molecule has 1 N–H and O–H groups in total. The molecule has 1 saturated heterocycles. The van der Waals surface area contributed by atoms with Gasteiger partial charge in [-0.15, -0.1) is 16.7 Å². The molecule has 2 rings (SSSR count). The number of nitrogens with zero attached hydrogens (tertiary/aromatic N) is 3. The van der Waals surface area contributed by atoms with E-state index < -0.39 is 0 Å². The van der Waals surface area contributed by atoms with E-state index >= 15 is 0 Å². The molecule has 1 amide bonds. The molecule has 0 saturated carbocycles. The molecule has 2 unspecified atom stereocenters. The summed E-state index contributed by atoms with van der Waals surface area (Å²) >= 11 is 5.86. The van der Waals surface area contributed by atoms with Gasteiger partial charge < -0.3 is 14.6 Å². The lowest BCUT2D eigenvalue weighted by Crippen LogP contribution is -2.55. The van der Waals surface area contributed by atoms with E-state index in [0.717, 1.165) is 0 Å². The Balaban J connectivity index is 2.21. The van der Waals surface area contributed by atoms with Crippen LogP contribution in [-0.2, 0) is 4.79 Å². The van der Waals surface area contributed by atoms with Crippen molar-refractivity contribution in [2.75, 3.05) is 18.0 Å². The molecule has 94 valence electrons. The van der Waals surface area contributed by atoms with Crippen LogP contribution in [0.15, 0.2) is 4.42 Å². The molecule has 1 aromatic rings. The minimum Gasteiger partial charge on any atom is -0.406 e. The van der Waals surface area contributed by atoms with Crippen molar-refractivity contribution in [3.05, 3.63) is 5.89 Å². The maximum absolute atomic E-state index is 11.7. The van der Waals surface area contributed by atoms with Gasteiger partial charge in [0, 0.05) is 13.1 Å². The smallest absolute Gasteiger partial charge is 0.318 e. The number of hydrogen-bond donors (Lipinski definition) is 1. The topological polar surface area (TPSA) is 71.3 Å². The summed E-state index contributed by atoms with van der Waals surface area (Å²) in [6.07, 6.45) is 0.694. The van der Waals surface area contributed by atoms with E-state index in [1.54, 1.807) is 6.92 Å². The highest BCUT2D eigenvalue weighted by Crippen LogP contribution is 2.24. The van der Waals surface area contributed by atoms with E-state index in [1.165, 1.54) is 0 Å². The van der Waals surface area contributed by atoms with Crippen LogP contribution in [0.2, 0.25) is 0 Å². The molecule has 0 radical (unpaired) electrons. The fraction of sp³-hybridized carbons (Fsp3) is 0.700. The first-order valence-electron chi connectivity index (χ1n) is 5.65. The zero-order valence-corrected chi connectivity index (χ0v) is 10.6. The lowest BCUT2D eigenvalue weighted by atomic mass is 10.1. The molecular weight excluding hydrogens is 244 g/mol.